The van der Waals surface area contributed by atoms with Crippen LogP contribution in [0.4, 0.5) is 0 Å². The van der Waals surface area contributed by atoms with Gasteiger partial charge in [-0.1, -0.05) is 6.07 Å². The fourth-order valence-corrected chi connectivity index (χ4v) is 3.47. The van der Waals surface area contributed by atoms with Gasteiger partial charge in [-0.25, -0.2) is 0 Å². The standard InChI is InChI=1S/C12H7I3O2/c13-8-2-1-3-9(14)12(8)17-7-4-5-11(16)10(15)6-7/h1-6,16H. The summed E-state index contributed by atoms with van der Waals surface area (Å²) in [6.07, 6.45) is 0. The fourth-order valence-electron chi connectivity index (χ4n) is 1.25. The van der Waals surface area contributed by atoms with E-state index in [1.54, 1.807) is 12.1 Å². The average Bonchev–Trinajstić information content (AvgIpc) is 2.28. The van der Waals surface area contributed by atoms with Gasteiger partial charge in [-0.15, -0.1) is 0 Å². The fraction of sp³-hybridized carbons (Fsp3) is 0. The summed E-state index contributed by atoms with van der Waals surface area (Å²) in [7, 11) is 0. The third-order valence-corrected chi connectivity index (χ3v) is 4.62. The van der Waals surface area contributed by atoms with Crippen LogP contribution in [0.25, 0.3) is 0 Å². The van der Waals surface area contributed by atoms with E-state index in [0.29, 0.717) is 0 Å². The third-order valence-electron chi connectivity index (χ3n) is 2.06. The normalized spacial score (nSPS) is 10.3. The zero-order valence-electron chi connectivity index (χ0n) is 8.45. The SMILES string of the molecule is Oc1ccc(Oc2c(I)cccc2I)cc1I. The van der Waals surface area contributed by atoms with Gasteiger partial charge < -0.3 is 9.84 Å². The van der Waals surface area contributed by atoms with Crippen LogP contribution in [0.2, 0.25) is 0 Å². The number of benzene rings is 2. The van der Waals surface area contributed by atoms with Gasteiger partial charge in [-0.05, 0) is 98.1 Å². The van der Waals surface area contributed by atoms with Gasteiger partial charge in [0.05, 0.1) is 10.7 Å². The second-order valence-electron chi connectivity index (χ2n) is 3.27. The predicted octanol–water partition coefficient (Wildman–Crippen LogP) is 5.00. The molecule has 2 rings (SSSR count). The van der Waals surface area contributed by atoms with Crippen molar-refractivity contribution in [3.63, 3.8) is 0 Å². The number of phenolic OH excluding ortho intramolecular Hbond substituents is 1. The van der Waals surface area contributed by atoms with E-state index < -0.39 is 0 Å². The Labute approximate surface area is 140 Å². The summed E-state index contributed by atoms with van der Waals surface area (Å²) in [5, 5.41) is 9.45. The molecule has 0 aliphatic rings. The molecule has 0 spiro atoms. The summed E-state index contributed by atoms with van der Waals surface area (Å²) >= 11 is 6.57. The van der Waals surface area contributed by atoms with Crippen LogP contribution in [-0.4, -0.2) is 5.11 Å². The second-order valence-corrected chi connectivity index (χ2v) is 6.75. The van der Waals surface area contributed by atoms with Crippen molar-refractivity contribution >= 4 is 67.8 Å². The van der Waals surface area contributed by atoms with Crippen LogP contribution in [0.15, 0.2) is 36.4 Å². The van der Waals surface area contributed by atoms with Gasteiger partial charge in [0.2, 0.25) is 0 Å². The molecule has 0 amide bonds. The van der Waals surface area contributed by atoms with Crippen molar-refractivity contribution in [3.05, 3.63) is 47.1 Å². The molecule has 2 nitrogen and oxygen atoms in total. The summed E-state index contributed by atoms with van der Waals surface area (Å²) in [5.74, 6) is 1.86. The number of phenols is 1. The number of hydrogen-bond donors (Lipinski definition) is 1. The maximum absolute atomic E-state index is 9.45. The molecule has 1 N–H and O–H groups in total. The van der Waals surface area contributed by atoms with Crippen molar-refractivity contribution in [1.29, 1.82) is 0 Å². The third kappa shape index (κ3) is 3.37. The van der Waals surface area contributed by atoms with Crippen molar-refractivity contribution in [2.45, 2.75) is 0 Å². The lowest BCUT2D eigenvalue weighted by Crippen LogP contribution is -1.90. The highest BCUT2D eigenvalue weighted by Gasteiger charge is 2.08. The topological polar surface area (TPSA) is 29.5 Å². The molecule has 17 heavy (non-hydrogen) atoms. The first kappa shape index (κ1) is 13.7. The Bertz CT molecular complexity index is 535. The van der Waals surface area contributed by atoms with Crippen molar-refractivity contribution in [1.82, 2.24) is 0 Å². The monoisotopic (exact) mass is 564 g/mol. The van der Waals surface area contributed by atoms with Crippen LogP contribution in [0.3, 0.4) is 0 Å². The zero-order chi connectivity index (χ0) is 12.4. The van der Waals surface area contributed by atoms with E-state index in [2.05, 4.69) is 67.8 Å². The molecule has 0 aliphatic carbocycles. The van der Waals surface area contributed by atoms with E-state index in [-0.39, 0.29) is 5.75 Å². The van der Waals surface area contributed by atoms with E-state index in [4.69, 9.17) is 4.74 Å². The molecular formula is C12H7I3O2. The Morgan fingerprint density at radius 2 is 1.53 bits per heavy atom. The first-order valence-corrected chi connectivity index (χ1v) is 7.92. The van der Waals surface area contributed by atoms with E-state index in [0.717, 1.165) is 22.2 Å². The Kier molecular flexibility index (Phi) is 4.75. The summed E-state index contributed by atoms with van der Waals surface area (Å²) < 4.78 is 8.76. The minimum absolute atomic E-state index is 0.274. The average molecular weight is 564 g/mol. The summed E-state index contributed by atoms with van der Waals surface area (Å²) in [5.41, 5.74) is 0. The van der Waals surface area contributed by atoms with Gasteiger partial charge in [-0.3, -0.25) is 0 Å². The predicted molar refractivity (Wildman–Crippen MR) is 92.8 cm³/mol. The number of hydrogen-bond acceptors (Lipinski definition) is 2. The smallest absolute Gasteiger partial charge is 0.154 e. The molecule has 0 heterocycles. The Balaban J connectivity index is 2.35. The molecule has 0 saturated carbocycles. The lowest BCUT2D eigenvalue weighted by atomic mass is 10.3. The maximum Gasteiger partial charge on any atom is 0.154 e. The van der Waals surface area contributed by atoms with E-state index in [1.165, 1.54) is 0 Å². The Morgan fingerprint density at radius 3 is 2.12 bits per heavy atom. The molecule has 0 saturated heterocycles. The quantitative estimate of drug-likeness (QED) is 0.522. The van der Waals surface area contributed by atoms with E-state index >= 15 is 0 Å². The van der Waals surface area contributed by atoms with Gasteiger partial charge >= 0.3 is 0 Å². The van der Waals surface area contributed by atoms with Crippen LogP contribution < -0.4 is 4.74 Å². The molecule has 0 atom stereocenters. The number of ether oxygens (including phenoxy) is 1. The highest BCUT2D eigenvalue weighted by Crippen LogP contribution is 2.33. The van der Waals surface area contributed by atoms with Crippen molar-refractivity contribution < 1.29 is 9.84 Å². The second kappa shape index (κ2) is 5.91. The highest BCUT2D eigenvalue weighted by molar-refractivity contribution is 14.1. The minimum Gasteiger partial charge on any atom is -0.507 e. The highest BCUT2D eigenvalue weighted by atomic mass is 127. The Morgan fingerprint density at radius 1 is 0.882 bits per heavy atom. The largest absolute Gasteiger partial charge is 0.507 e. The molecule has 0 radical (unpaired) electrons. The number of para-hydroxylation sites is 1. The van der Waals surface area contributed by atoms with Gasteiger partial charge in [0, 0.05) is 0 Å². The molecule has 0 fully saturated rings. The van der Waals surface area contributed by atoms with Crippen molar-refractivity contribution in [2.75, 3.05) is 0 Å². The molecular weight excluding hydrogens is 557 g/mol. The van der Waals surface area contributed by atoms with E-state index in [1.807, 2.05) is 24.3 Å². The molecule has 0 unspecified atom stereocenters. The lowest BCUT2D eigenvalue weighted by molar-refractivity contribution is 0.458. The number of aromatic hydroxyl groups is 1. The summed E-state index contributed by atoms with van der Waals surface area (Å²) in [6, 6.07) is 11.2. The van der Waals surface area contributed by atoms with Crippen molar-refractivity contribution in [2.24, 2.45) is 0 Å². The van der Waals surface area contributed by atoms with Crippen molar-refractivity contribution in [3.8, 4) is 17.2 Å². The van der Waals surface area contributed by atoms with Crippen LogP contribution in [0.5, 0.6) is 17.2 Å². The molecule has 0 aliphatic heterocycles. The van der Waals surface area contributed by atoms with Gasteiger partial charge in [0.15, 0.2) is 5.75 Å². The molecule has 2 aromatic rings. The van der Waals surface area contributed by atoms with Gasteiger partial charge in [-0.2, -0.15) is 0 Å². The first-order valence-electron chi connectivity index (χ1n) is 4.68. The number of rotatable bonds is 2. The molecule has 2 aromatic carbocycles. The zero-order valence-corrected chi connectivity index (χ0v) is 14.9. The van der Waals surface area contributed by atoms with Gasteiger partial charge in [0.25, 0.3) is 0 Å². The Hall–Kier alpha value is 0.230. The van der Waals surface area contributed by atoms with E-state index in [9.17, 15) is 5.11 Å². The molecule has 0 aromatic heterocycles. The van der Waals surface area contributed by atoms with Gasteiger partial charge in [0.1, 0.15) is 11.5 Å². The lowest BCUT2D eigenvalue weighted by Gasteiger charge is -2.10. The maximum atomic E-state index is 9.45. The van der Waals surface area contributed by atoms with Crippen LogP contribution >= 0.6 is 67.8 Å². The van der Waals surface area contributed by atoms with Crippen LogP contribution in [-0.2, 0) is 0 Å². The number of halogens is 3. The van der Waals surface area contributed by atoms with Crippen LogP contribution in [0.1, 0.15) is 0 Å². The minimum atomic E-state index is 0.274. The molecule has 5 heteroatoms. The summed E-state index contributed by atoms with van der Waals surface area (Å²) in [4.78, 5) is 0. The molecule has 88 valence electrons. The summed E-state index contributed by atoms with van der Waals surface area (Å²) in [6.45, 7) is 0. The first-order chi connectivity index (χ1) is 8.08. The van der Waals surface area contributed by atoms with Crippen LogP contribution in [0, 0.1) is 10.7 Å². The molecule has 0 bridgehead atoms.